The Morgan fingerprint density at radius 3 is 2.32 bits per heavy atom. The average molecular weight is 305 g/mol. The molecule has 0 bridgehead atoms. The van der Waals surface area contributed by atoms with Crippen LogP contribution in [0, 0.1) is 6.92 Å². The highest BCUT2D eigenvalue weighted by Crippen LogP contribution is 2.27. The predicted octanol–water partition coefficient (Wildman–Crippen LogP) is 2.08. The number of nitrogens with zero attached hydrogens (tertiary/aromatic N) is 2. The van der Waals surface area contributed by atoms with Crippen LogP contribution in [-0.4, -0.2) is 55.8 Å². The number of nitrogens with one attached hydrogen (secondary N) is 1. The molecule has 1 N–H and O–H groups in total. The maximum absolute atomic E-state index is 12.2. The molecule has 0 aromatic heterocycles. The predicted molar refractivity (Wildman–Crippen MR) is 90.1 cm³/mol. The molecule has 0 aliphatic heterocycles. The largest absolute Gasteiger partial charge is 0.348 e. The summed E-state index contributed by atoms with van der Waals surface area (Å²) in [6.07, 6.45) is 0. The van der Waals surface area contributed by atoms with Crippen molar-refractivity contribution in [3.05, 3.63) is 29.3 Å². The van der Waals surface area contributed by atoms with Crippen LogP contribution in [0.2, 0.25) is 0 Å². The number of aryl methyl sites for hydroxylation is 1. The second-order valence-corrected chi connectivity index (χ2v) is 6.20. The molecule has 0 fully saturated rings. The second-order valence-electron chi connectivity index (χ2n) is 6.20. The number of hydrogen-bond donors (Lipinski definition) is 1. The van der Waals surface area contributed by atoms with E-state index in [4.69, 9.17) is 0 Å². The lowest BCUT2D eigenvalue weighted by Gasteiger charge is -2.20. The topological polar surface area (TPSA) is 52.7 Å². The van der Waals surface area contributed by atoms with Gasteiger partial charge >= 0.3 is 0 Å². The first-order valence-corrected chi connectivity index (χ1v) is 7.50. The molecule has 1 rings (SSSR count). The lowest BCUT2D eigenvalue weighted by Crippen LogP contribution is -2.38. The molecule has 0 saturated carbocycles. The molecule has 0 saturated heterocycles. The number of rotatable bonds is 6. The standard InChI is InChI=1S/C17H27N3O2/c1-12(2)14-9-7-8-13(3)17(14)18-15(21)10-20(6)11-16(22)19(4)5/h7-9,12H,10-11H2,1-6H3,(H,18,21). The number of amides is 2. The molecule has 5 nitrogen and oxygen atoms in total. The number of benzene rings is 1. The van der Waals surface area contributed by atoms with Gasteiger partial charge in [0.25, 0.3) is 0 Å². The van der Waals surface area contributed by atoms with Gasteiger partial charge in [0.1, 0.15) is 0 Å². The average Bonchev–Trinajstić information content (AvgIpc) is 2.40. The molecule has 0 spiro atoms. The Morgan fingerprint density at radius 1 is 1.14 bits per heavy atom. The van der Waals surface area contributed by atoms with Crippen LogP contribution < -0.4 is 5.32 Å². The highest BCUT2D eigenvalue weighted by Gasteiger charge is 2.15. The van der Waals surface area contributed by atoms with Gasteiger partial charge in [0.05, 0.1) is 13.1 Å². The van der Waals surface area contributed by atoms with E-state index in [1.807, 2.05) is 25.1 Å². The van der Waals surface area contributed by atoms with Crippen molar-refractivity contribution in [1.82, 2.24) is 9.80 Å². The van der Waals surface area contributed by atoms with Gasteiger partial charge in [0.15, 0.2) is 0 Å². The first-order valence-electron chi connectivity index (χ1n) is 7.50. The van der Waals surface area contributed by atoms with E-state index in [0.717, 1.165) is 16.8 Å². The van der Waals surface area contributed by atoms with Gasteiger partial charge in [0, 0.05) is 19.8 Å². The fourth-order valence-corrected chi connectivity index (χ4v) is 2.19. The van der Waals surface area contributed by atoms with Crippen molar-refractivity contribution >= 4 is 17.5 Å². The summed E-state index contributed by atoms with van der Waals surface area (Å²) in [5, 5.41) is 2.99. The molecule has 0 radical (unpaired) electrons. The van der Waals surface area contributed by atoms with Crippen LogP contribution in [0.1, 0.15) is 30.9 Å². The Balaban J connectivity index is 2.72. The minimum absolute atomic E-state index is 0.0194. The first-order chi connectivity index (χ1) is 10.2. The van der Waals surface area contributed by atoms with Crippen molar-refractivity contribution < 1.29 is 9.59 Å². The van der Waals surface area contributed by atoms with Crippen LogP contribution in [0.5, 0.6) is 0 Å². The third-order valence-corrected chi connectivity index (χ3v) is 3.51. The number of carbonyl (C=O) groups is 2. The van der Waals surface area contributed by atoms with Crippen molar-refractivity contribution in [2.75, 3.05) is 39.5 Å². The van der Waals surface area contributed by atoms with Crippen LogP contribution in [0.4, 0.5) is 5.69 Å². The summed E-state index contributed by atoms with van der Waals surface area (Å²) in [6, 6.07) is 6.02. The molecule has 0 atom stereocenters. The molecular weight excluding hydrogens is 278 g/mol. The van der Waals surface area contributed by atoms with E-state index in [9.17, 15) is 9.59 Å². The summed E-state index contributed by atoms with van der Waals surface area (Å²) in [5.74, 6) is 0.211. The molecule has 0 unspecified atom stereocenters. The molecule has 122 valence electrons. The molecule has 0 aliphatic carbocycles. The second kappa shape index (κ2) is 7.94. The molecule has 5 heteroatoms. The van der Waals surface area contributed by atoms with E-state index in [1.54, 1.807) is 26.0 Å². The molecule has 1 aromatic rings. The van der Waals surface area contributed by atoms with Crippen molar-refractivity contribution in [3.63, 3.8) is 0 Å². The van der Waals surface area contributed by atoms with Crippen LogP contribution in [0.3, 0.4) is 0 Å². The highest BCUT2D eigenvalue weighted by atomic mass is 16.2. The number of likely N-dealkylation sites (N-methyl/N-ethyl adjacent to an activating group) is 2. The zero-order chi connectivity index (χ0) is 16.9. The monoisotopic (exact) mass is 305 g/mol. The number of para-hydroxylation sites is 1. The fraction of sp³-hybridized carbons (Fsp3) is 0.529. The molecule has 0 heterocycles. The van der Waals surface area contributed by atoms with E-state index >= 15 is 0 Å². The quantitative estimate of drug-likeness (QED) is 0.875. The van der Waals surface area contributed by atoms with Crippen LogP contribution in [0.15, 0.2) is 18.2 Å². The van der Waals surface area contributed by atoms with Gasteiger partial charge in [-0.05, 0) is 31.0 Å². The van der Waals surface area contributed by atoms with Crippen molar-refractivity contribution in [2.45, 2.75) is 26.7 Å². The van der Waals surface area contributed by atoms with Gasteiger partial charge < -0.3 is 10.2 Å². The minimum atomic E-state index is -0.106. The van der Waals surface area contributed by atoms with E-state index in [2.05, 4.69) is 19.2 Å². The van der Waals surface area contributed by atoms with Crippen LogP contribution in [-0.2, 0) is 9.59 Å². The van der Waals surface area contributed by atoms with E-state index < -0.39 is 0 Å². The van der Waals surface area contributed by atoms with Gasteiger partial charge in [-0.15, -0.1) is 0 Å². The summed E-state index contributed by atoms with van der Waals surface area (Å²) >= 11 is 0. The Bertz CT molecular complexity index is 539. The summed E-state index contributed by atoms with van der Waals surface area (Å²) < 4.78 is 0. The van der Waals surface area contributed by atoms with Crippen LogP contribution >= 0.6 is 0 Å². The Labute approximate surface area is 133 Å². The van der Waals surface area contributed by atoms with E-state index in [-0.39, 0.29) is 24.9 Å². The zero-order valence-electron chi connectivity index (χ0n) is 14.4. The number of anilines is 1. The normalized spacial score (nSPS) is 10.9. The molecule has 0 aliphatic rings. The van der Waals surface area contributed by atoms with Gasteiger partial charge in [-0.2, -0.15) is 0 Å². The maximum Gasteiger partial charge on any atom is 0.238 e. The maximum atomic E-state index is 12.2. The highest BCUT2D eigenvalue weighted by molar-refractivity contribution is 5.94. The third kappa shape index (κ3) is 5.15. The summed E-state index contributed by atoms with van der Waals surface area (Å²) in [6.45, 7) is 6.61. The van der Waals surface area contributed by atoms with E-state index in [0.29, 0.717) is 5.92 Å². The molecule has 2 amide bonds. The molecule has 1 aromatic carbocycles. The van der Waals surface area contributed by atoms with Crippen molar-refractivity contribution in [2.24, 2.45) is 0 Å². The van der Waals surface area contributed by atoms with Crippen LogP contribution in [0.25, 0.3) is 0 Å². The SMILES string of the molecule is Cc1cccc(C(C)C)c1NC(=O)CN(C)CC(=O)N(C)C. The van der Waals surface area contributed by atoms with Crippen molar-refractivity contribution in [3.8, 4) is 0 Å². The Morgan fingerprint density at radius 2 is 1.77 bits per heavy atom. The van der Waals surface area contributed by atoms with E-state index in [1.165, 1.54) is 4.90 Å². The number of carbonyl (C=O) groups excluding carboxylic acids is 2. The van der Waals surface area contributed by atoms with Gasteiger partial charge in [0.2, 0.25) is 11.8 Å². The third-order valence-electron chi connectivity index (χ3n) is 3.51. The van der Waals surface area contributed by atoms with Gasteiger partial charge in [-0.25, -0.2) is 0 Å². The minimum Gasteiger partial charge on any atom is -0.348 e. The number of hydrogen-bond acceptors (Lipinski definition) is 3. The molecular formula is C17H27N3O2. The Kier molecular flexibility index (Phi) is 6.56. The fourth-order valence-electron chi connectivity index (χ4n) is 2.19. The molecule has 22 heavy (non-hydrogen) atoms. The summed E-state index contributed by atoms with van der Waals surface area (Å²) in [7, 11) is 5.18. The zero-order valence-corrected chi connectivity index (χ0v) is 14.4. The van der Waals surface area contributed by atoms with Crippen molar-refractivity contribution in [1.29, 1.82) is 0 Å². The first kappa shape index (κ1) is 18.2. The van der Waals surface area contributed by atoms with Gasteiger partial charge in [-0.3, -0.25) is 14.5 Å². The Hall–Kier alpha value is -1.88. The lowest BCUT2D eigenvalue weighted by atomic mass is 9.98. The summed E-state index contributed by atoms with van der Waals surface area (Å²) in [4.78, 5) is 27.1. The smallest absolute Gasteiger partial charge is 0.238 e. The lowest BCUT2D eigenvalue weighted by molar-refractivity contribution is -0.130. The summed E-state index contributed by atoms with van der Waals surface area (Å²) in [5.41, 5.74) is 3.06. The van der Waals surface area contributed by atoms with Gasteiger partial charge in [-0.1, -0.05) is 32.0 Å².